The monoisotopic (exact) mass is 401 g/mol. The number of ether oxygens (including phenoxy) is 1. The number of hydrazine groups is 1. The maximum atomic E-state index is 12.2. The number of carbonyl (C=O) groups is 1. The van der Waals surface area contributed by atoms with Gasteiger partial charge in [-0.05, 0) is 30.3 Å². The molecule has 3 aromatic rings. The molecule has 1 heterocycles. The molecule has 24 heavy (non-hydrogen) atoms. The van der Waals surface area contributed by atoms with Crippen molar-refractivity contribution in [3.63, 3.8) is 0 Å². The molecule has 5 nitrogen and oxygen atoms in total. The second kappa shape index (κ2) is 7.03. The molecule has 1 amide bonds. The number of fused-ring (bicyclic) bond motifs is 1. The standard InChI is InChI=1S/C15H10Cl3N3O2S/c1-23-11-5-4-10(18)13-12(11)19-15(24-13)21-20-14(22)8-6-7(16)2-3-9(8)17/h2-6H,1H3,(H,19,21)(H,20,22). The maximum absolute atomic E-state index is 12.2. The predicted octanol–water partition coefficient (Wildman–Crippen LogP) is 5.02. The molecule has 2 aromatic carbocycles. The predicted molar refractivity (Wildman–Crippen MR) is 98.7 cm³/mol. The van der Waals surface area contributed by atoms with Crippen LogP contribution in [-0.4, -0.2) is 18.0 Å². The summed E-state index contributed by atoms with van der Waals surface area (Å²) in [5.41, 5.74) is 6.16. The third kappa shape index (κ3) is 3.37. The number of nitrogens with zero attached hydrogens (tertiary/aromatic N) is 1. The second-order valence-electron chi connectivity index (χ2n) is 4.65. The Morgan fingerprint density at radius 2 is 1.92 bits per heavy atom. The van der Waals surface area contributed by atoms with Crippen molar-refractivity contribution in [3.8, 4) is 5.75 Å². The first kappa shape index (κ1) is 17.1. The van der Waals surface area contributed by atoms with Gasteiger partial charge in [-0.1, -0.05) is 46.1 Å². The van der Waals surface area contributed by atoms with Crippen LogP contribution in [0.15, 0.2) is 30.3 Å². The molecule has 0 aliphatic carbocycles. The third-order valence-electron chi connectivity index (χ3n) is 3.13. The summed E-state index contributed by atoms with van der Waals surface area (Å²) in [6.07, 6.45) is 0. The zero-order valence-corrected chi connectivity index (χ0v) is 15.3. The van der Waals surface area contributed by atoms with E-state index in [1.165, 1.54) is 17.4 Å². The molecule has 0 saturated heterocycles. The van der Waals surface area contributed by atoms with Crippen LogP contribution >= 0.6 is 46.1 Å². The molecule has 0 bridgehead atoms. The minimum atomic E-state index is -0.431. The number of benzene rings is 2. The summed E-state index contributed by atoms with van der Waals surface area (Å²) in [4.78, 5) is 16.6. The normalized spacial score (nSPS) is 10.7. The lowest BCUT2D eigenvalue weighted by atomic mass is 10.2. The molecule has 0 aliphatic rings. The molecule has 1 aromatic heterocycles. The lowest BCUT2D eigenvalue weighted by Crippen LogP contribution is -2.29. The van der Waals surface area contributed by atoms with E-state index in [0.717, 1.165) is 4.70 Å². The first-order chi connectivity index (χ1) is 11.5. The Labute approximate surface area is 156 Å². The SMILES string of the molecule is COc1ccc(Cl)c2sc(NNC(=O)c3cc(Cl)ccc3Cl)nc12. The van der Waals surface area contributed by atoms with Gasteiger partial charge >= 0.3 is 0 Å². The van der Waals surface area contributed by atoms with Gasteiger partial charge in [0.15, 0.2) is 0 Å². The third-order valence-corrected chi connectivity index (χ3v) is 5.13. The quantitative estimate of drug-likeness (QED) is 0.601. The Kier molecular flexibility index (Phi) is 5.01. The molecule has 0 atom stereocenters. The molecular weight excluding hydrogens is 393 g/mol. The van der Waals surface area contributed by atoms with Gasteiger partial charge in [0.1, 0.15) is 11.3 Å². The number of anilines is 1. The number of carbonyl (C=O) groups excluding carboxylic acids is 1. The van der Waals surface area contributed by atoms with Crippen LogP contribution in [0.5, 0.6) is 5.75 Å². The van der Waals surface area contributed by atoms with E-state index in [1.807, 2.05) is 0 Å². The number of halogens is 3. The molecule has 124 valence electrons. The van der Waals surface area contributed by atoms with E-state index in [1.54, 1.807) is 31.4 Å². The number of nitrogens with one attached hydrogen (secondary N) is 2. The van der Waals surface area contributed by atoms with Crippen LogP contribution in [0, 0.1) is 0 Å². The Morgan fingerprint density at radius 3 is 2.67 bits per heavy atom. The Bertz CT molecular complexity index is 930. The molecule has 0 fully saturated rings. The van der Waals surface area contributed by atoms with Gasteiger partial charge in [0.25, 0.3) is 5.91 Å². The minimum absolute atomic E-state index is 0.258. The molecule has 9 heteroatoms. The average Bonchev–Trinajstić information content (AvgIpc) is 3.00. The lowest BCUT2D eigenvalue weighted by Gasteiger charge is -2.07. The van der Waals surface area contributed by atoms with Gasteiger partial charge in [0.2, 0.25) is 5.13 Å². The van der Waals surface area contributed by atoms with Crippen LogP contribution in [0.4, 0.5) is 5.13 Å². The molecule has 3 rings (SSSR count). The molecular formula is C15H10Cl3N3O2S. The zero-order valence-electron chi connectivity index (χ0n) is 12.2. The number of amides is 1. The Morgan fingerprint density at radius 1 is 1.17 bits per heavy atom. The largest absolute Gasteiger partial charge is 0.494 e. The van der Waals surface area contributed by atoms with Crippen molar-refractivity contribution in [1.82, 2.24) is 10.4 Å². The first-order valence-corrected chi connectivity index (χ1v) is 8.59. The summed E-state index contributed by atoms with van der Waals surface area (Å²) in [5, 5.41) is 1.73. The Balaban J connectivity index is 1.82. The van der Waals surface area contributed by atoms with Gasteiger partial charge in [-0.3, -0.25) is 15.6 Å². The summed E-state index contributed by atoms with van der Waals surface area (Å²) >= 11 is 19.3. The van der Waals surface area contributed by atoms with E-state index in [9.17, 15) is 4.79 Å². The smallest absolute Gasteiger partial charge is 0.271 e. The van der Waals surface area contributed by atoms with Gasteiger partial charge in [-0.2, -0.15) is 0 Å². The topological polar surface area (TPSA) is 63.2 Å². The number of methoxy groups -OCH3 is 1. The van der Waals surface area contributed by atoms with Crippen molar-refractivity contribution >= 4 is 67.4 Å². The van der Waals surface area contributed by atoms with Crippen molar-refractivity contribution < 1.29 is 9.53 Å². The first-order valence-electron chi connectivity index (χ1n) is 6.64. The summed E-state index contributed by atoms with van der Waals surface area (Å²) in [5.74, 6) is 0.169. The summed E-state index contributed by atoms with van der Waals surface area (Å²) < 4.78 is 6.02. The number of hydrogen-bond donors (Lipinski definition) is 2. The van der Waals surface area contributed by atoms with E-state index >= 15 is 0 Å². The molecule has 0 unspecified atom stereocenters. The van der Waals surface area contributed by atoms with Crippen molar-refractivity contribution in [2.75, 3.05) is 12.5 Å². The minimum Gasteiger partial charge on any atom is -0.494 e. The second-order valence-corrected chi connectivity index (χ2v) is 6.90. The van der Waals surface area contributed by atoms with Crippen LogP contribution in [0.1, 0.15) is 10.4 Å². The number of aromatic nitrogens is 1. The number of hydrogen-bond acceptors (Lipinski definition) is 5. The van der Waals surface area contributed by atoms with Gasteiger partial charge in [-0.25, -0.2) is 4.98 Å². The van der Waals surface area contributed by atoms with Crippen LogP contribution in [-0.2, 0) is 0 Å². The summed E-state index contributed by atoms with van der Waals surface area (Å²) in [6.45, 7) is 0. The number of thiazole rings is 1. The highest BCUT2D eigenvalue weighted by molar-refractivity contribution is 7.22. The highest BCUT2D eigenvalue weighted by Crippen LogP contribution is 2.37. The van der Waals surface area contributed by atoms with Gasteiger partial charge in [-0.15, -0.1) is 0 Å². The van der Waals surface area contributed by atoms with Gasteiger partial charge in [0, 0.05) is 5.02 Å². The highest BCUT2D eigenvalue weighted by atomic mass is 35.5. The average molecular weight is 403 g/mol. The van der Waals surface area contributed by atoms with Crippen LogP contribution < -0.4 is 15.6 Å². The molecule has 0 spiro atoms. The fourth-order valence-corrected chi connectivity index (χ4v) is 3.50. The highest BCUT2D eigenvalue weighted by Gasteiger charge is 2.14. The van der Waals surface area contributed by atoms with Crippen LogP contribution in [0.2, 0.25) is 15.1 Å². The molecule has 0 radical (unpaired) electrons. The fraction of sp³-hybridized carbons (Fsp3) is 0.0667. The van der Waals surface area contributed by atoms with Crippen molar-refractivity contribution in [3.05, 3.63) is 51.0 Å². The lowest BCUT2D eigenvalue weighted by molar-refractivity contribution is 0.0963. The van der Waals surface area contributed by atoms with Crippen LogP contribution in [0.25, 0.3) is 10.2 Å². The van der Waals surface area contributed by atoms with Crippen molar-refractivity contribution in [1.29, 1.82) is 0 Å². The van der Waals surface area contributed by atoms with Crippen LogP contribution in [0.3, 0.4) is 0 Å². The van der Waals surface area contributed by atoms with E-state index in [-0.39, 0.29) is 5.56 Å². The van der Waals surface area contributed by atoms with Crippen molar-refractivity contribution in [2.24, 2.45) is 0 Å². The Hall–Kier alpha value is -1.73. The summed E-state index contributed by atoms with van der Waals surface area (Å²) in [7, 11) is 1.55. The summed E-state index contributed by atoms with van der Waals surface area (Å²) in [6, 6.07) is 8.11. The maximum Gasteiger partial charge on any atom is 0.271 e. The van der Waals surface area contributed by atoms with Crippen molar-refractivity contribution in [2.45, 2.75) is 0 Å². The number of rotatable bonds is 4. The van der Waals surface area contributed by atoms with E-state index in [0.29, 0.717) is 31.5 Å². The van der Waals surface area contributed by atoms with E-state index in [2.05, 4.69) is 15.8 Å². The zero-order chi connectivity index (χ0) is 17.3. The molecule has 2 N–H and O–H groups in total. The molecule has 0 saturated carbocycles. The molecule has 0 aliphatic heterocycles. The van der Waals surface area contributed by atoms with Gasteiger partial charge < -0.3 is 4.74 Å². The van der Waals surface area contributed by atoms with E-state index < -0.39 is 5.91 Å². The van der Waals surface area contributed by atoms with Gasteiger partial charge in [0.05, 0.1) is 27.4 Å². The fourth-order valence-electron chi connectivity index (χ4n) is 2.02. The van der Waals surface area contributed by atoms with E-state index in [4.69, 9.17) is 39.5 Å².